The molecule has 0 unspecified atom stereocenters. The summed E-state index contributed by atoms with van der Waals surface area (Å²) in [4.78, 5) is 26.6. The van der Waals surface area contributed by atoms with E-state index in [1.165, 1.54) is 21.6 Å². The molecule has 0 aliphatic carbocycles. The lowest BCUT2D eigenvalue weighted by Gasteiger charge is -2.34. The molecule has 2 aromatic carbocycles. The van der Waals surface area contributed by atoms with Crippen LogP contribution in [-0.4, -0.2) is 60.0 Å². The lowest BCUT2D eigenvalue weighted by atomic mass is 10.1. The molecule has 1 aliphatic heterocycles. The van der Waals surface area contributed by atoms with Crippen LogP contribution in [0.15, 0.2) is 42.5 Å². The van der Waals surface area contributed by atoms with Crippen LogP contribution < -0.4 is 10.2 Å². The maximum absolute atomic E-state index is 12.4. The monoisotopic (exact) mass is 451 g/mol. The summed E-state index contributed by atoms with van der Waals surface area (Å²) < 4.78 is 2.32. The number of nitrogens with one attached hydrogen (secondary N) is 1. The largest absolute Gasteiger partial charge is 0.349 e. The SMILES string of the molecule is CCc1cccc2sc(N3CCN(CCNC(=O)c4nc5ccccc5s4)CC3)nc12. The van der Waals surface area contributed by atoms with E-state index in [1.54, 1.807) is 11.3 Å². The summed E-state index contributed by atoms with van der Waals surface area (Å²) in [5.74, 6) is -0.0824. The van der Waals surface area contributed by atoms with Crippen LogP contribution in [0, 0.1) is 0 Å². The van der Waals surface area contributed by atoms with Gasteiger partial charge in [-0.15, -0.1) is 11.3 Å². The molecule has 0 saturated carbocycles. The van der Waals surface area contributed by atoms with E-state index >= 15 is 0 Å². The van der Waals surface area contributed by atoms with Crippen molar-refractivity contribution in [3.8, 4) is 0 Å². The summed E-state index contributed by atoms with van der Waals surface area (Å²) >= 11 is 3.23. The van der Waals surface area contributed by atoms with Crippen molar-refractivity contribution in [2.24, 2.45) is 0 Å². The molecule has 1 fully saturated rings. The van der Waals surface area contributed by atoms with Gasteiger partial charge < -0.3 is 10.2 Å². The fourth-order valence-electron chi connectivity index (χ4n) is 3.95. The number of hydrogen-bond acceptors (Lipinski definition) is 7. The van der Waals surface area contributed by atoms with Gasteiger partial charge in [-0.3, -0.25) is 9.69 Å². The number of carbonyl (C=O) groups excluding carboxylic acids is 1. The van der Waals surface area contributed by atoms with E-state index in [4.69, 9.17) is 4.98 Å². The Kier molecular flexibility index (Phi) is 5.85. The summed E-state index contributed by atoms with van der Waals surface area (Å²) in [6.07, 6.45) is 1.01. The normalized spacial score (nSPS) is 15.1. The minimum absolute atomic E-state index is 0.0824. The summed E-state index contributed by atoms with van der Waals surface area (Å²) in [6, 6.07) is 14.3. The Labute approximate surface area is 189 Å². The molecule has 1 N–H and O–H groups in total. The molecule has 31 heavy (non-hydrogen) atoms. The third kappa shape index (κ3) is 4.28. The molecular formula is C23H25N5OS2. The maximum atomic E-state index is 12.4. The van der Waals surface area contributed by atoms with Gasteiger partial charge in [-0.2, -0.15) is 0 Å². The van der Waals surface area contributed by atoms with Gasteiger partial charge in [0.1, 0.15) is 0 Å². The van der Waals surface area contributed by atoms with Crippen molar-refractivity contribution < 1.29 is 4.79 Å². The third-order valence-electron chi connectivity index (χ3n) is 5.72. The van der Waals surface area contributed by atoms with Crippen LogP contribution in [0.4, 0.5) is 5.13 Å². The lowest BCUT2D eigenvalue weighted by Crippen LogP contribution is -2.48. The van der Waals surface area contributed by atoms with Gasteiger partial charge in [0.25, 0.3) is 5.91 Å². The fourth-order valence-corrected chi connectivity index (χ4v) is 5.90. The van der Waals surface area contributed by atoms with E-state index in [0.29, 0.717) is 11.6 Å². The predicted octanol–water partition coefficient (Wildman–Crippen LogP) is 4.02. The first-order chi connectivity index (χ1) is 15.2. The van der Waals surface area contributed by atoms with E-state index in [1.807, 2.05) is 24.3 Å². The molecule has 160 valence electrons. The van der Waals surface area contributed by atoms with Crippen molar-refractivity contribution in [3.05, 3.63) is 53.0 Å². The Morgan fingerprint density at radius 2 is 1.81 bits per heavy atom. The van der Waals surface area contributed by atoms with Crippen LogP contribution in [0.25, 0.3) is 20.4 Å². The van der Waals surface area contributed by atoms with Crippen LogP contribution in [-0.2, 0) is 6.42 Å². The molecule has 2 aromatic heterocycles. The number of thiazole rings is 2. The van der Waals surface area contributed by atoms with Gasteiger partial charge >= 0.3 is 0 Å². The number of amides is 1. The van der Waals surface area contributed by atoms with Crippen LogP contribution in [0.3, 0.4) is 0 Å². The second-order valence-electron chi connectivity index (χ2n) is 7.69. The Hall–Kier alpha value is -2.55. The molecule has 0 atom stereocenters. The number of rotatable bonds is 6. The Morgan fingerprint density at radius 3 is 2.61 bits per heavy atom. The number of carbonyl (C=O) groups is 1. The summed E-state index contributed by atoms with van der Waals surface area (Å²) in [6.45, 7) is 7.56. The van der Waals surface area contributed by atoms with Gasteiger partial charge in [-0.05, 0) is 30.2 Å². The number of anilines is 1. The number of fused-ring (bicyclic) bond motifs is 2. The van der Waals surface area contributed by atoms with Crippen LogP contribution in [0.2, 0.25) is 0 Å². The highest BCUT2D eigenvalue weighted by Gasteiger charge is 2.20. The van der Waals surface area contributed by atoms with Crippen molar-refractivity contribution in [3.63, 3.8) is 0 Å². The molecule has 1 saturated heterocycles. The van der Waals surface area contributed by atoms with Gasteiger partial charge in [-0.1, -0.05) is 42.5 Å². The average molecular weight is 452 g/mol. The third-order valence-corrected chi connectivity index (χ3v) is 7.83. The highest BCUT2D eigenvalue weighted by molar-refractivity contribution is 7.22. The number of benzene rings is 2. The number of aromatic nitrogens is 2. The van der Waals surface area contributed by atoms with Crippen LogP contribution >= 0.6 is 22.7 Å². The maximum Gasteiger partial charge on any atom is 0.280 e. The first-order valence-corrected chi connectivity index (χ1v) is 12.3. The van der Waals surface area contributed by atoms with Crippen molar-refractivity contribution >= 4 is 54.1 Å². The van der Waals surface area contributed by atoms with E-state index in [0.717, 1.165) is 60.0 Å². The molecule has 8 heteroatoms. The van der Waals surface area contributed by atoms with Crippen molar-refractivity contribution in [2.45, 2.75) is 13.3 Å². The van der Waals surface area contributed by atoms with Crippen molar-refractivity contribution in [1.82, 2.24) is 20.2 Å². The highest BCUT2D eigenvalue weighted by atomic mass is 32.1. The summed E-state index contributed by atoms with van der Waals surface area (Å²) in [5, 5.41) is 4.68. The van der Waals surface area contributed by atoms with Crippen LogP contribution in [0.1, 0.15) is 22.3 Å². The molecular weight excluding hydrogens is 426 g/mol. The van der Waals surface area contributed by atoms with Crippen molar-refractivity contribution in [1.29, 1.82) is 0 Å². The minimum Gasteiger partial charge on any atom is -0.349 e. The van der Waals surface area contributed by atoms with Gasteiger partial charge in [0, 0.05) is 39.3 Å². The molecule has 5 rings (SSSR count). The summed E-state index contributed by atoms with van der Waals surface area (Å²) in [5.41, 5.74) is 3.36. The van der Waals surface area contributed by atoms with E-state index in [-0.39, 0.29) is 5.91 Å². The standard InChI is InChI=1S/C23H25N5OS2/c1-2-16-6-5-9-19-20(16)26-23(31-19)28-14-12-27(13-15-28)11-10-24-21(29)22-25-17-7-3-4-8-18(17)30-22/h3-9H,2,10-15H2,1H3,(H,24,29). The minimum atomic E-state index is -0.0824. The molecule has 1 aliphatic rings. The molecule has 0 bridgehead atoms. The van der Waals surface area contributed by atoms with Gasteiger partial charge in [-0.25, -0.2) is 9.97 Å². The summed E-state index contributed by atoms with van der Waals surface area (Å²) in [7, 11) is 0. The Balaban J connectivity index is 1.12. The number of piperazine rings is 1. The number of aryl methyl sites for hydroxylation is 1. The van der Waals surface area contributed by atoms with Gasteiger partial charge in [0.15, 0.2) is 10.1 Å². The Morgan fingerprint density at radius 1 is 1.00 bits per heavy atom. The molecule has 3 heterocycles. The number of para-hydroxylation sites is 2. The Bertz CT molecular complexity index is 1180. The second-order valence-corrected chi connectivity index (χ2v) is 9.72. The van der Waals surface area contributed by atoms with Crippen molar-refractivity contribution in [2.75, 3.05) is 44.2 Å². The topological polar surface area (TPSA) is 61.4 Å². The van der Waals surface area contributed by atoms with Gasteiger partial charge in [0.2, 0.25) is 0 Å². The van der Waals surface area contributed by atoms with E-state index in [2.05, 4.69) is 45.2 Å². The first kappa shape index (κ1) is 20.4. The average Bonchev–Trinajstić information content (AvgIpc) is 3.43. The molecule has 6 nitrogen and oxygen atoms in total. The number of hydrogen-bond donors (Lipinski definition) is 1. The quantitative estimate of drug-likeness (QED) is 0.480. The smallest absolute Gasteiger partial charge is 0.280 e. The first-order valence-electron chi connectivity index (χ1n) is 10.7. The van der Waals surface area contributed by atoms with E-state index < -0.39 is 0 Å². The molecule has 4 aromatic rings. The van der Waals surface area contributed by atoms with E-state index in [9.17, 15) is 4.79 Å². The predicted molar refractivity (Wildman–Crippen MR) is 130 cm³/mol. The zero-order valence-corrected chi connectivity index (χ0v) is 19.1. The molecule has 1 amide bonds. The molecule has 0 spiro atoms. The van der Waals surface area contributed by atoms with Gasteiger partial charge in [0.05, 0.1) is 20.4 Å². The number of nitrogens with zero attached hydrogens (tertiary/aromatic N) is 4. The fraction of sp³-hybridized carbons (Fsp3) is 0.348. The second kappa shape index (κ2) is 8.90. The molecule has 0 radical (unpaired) electrons. The zero-order chi connectivity index (χ0) is 21.2. The highest BCUT2D eigenvalue weighted by Crippen LogP contribution is 2.31. The lowest BCUT2D eigenvalue weighted by molar-refractivity contribution is 0.0947. The van der Waals surface area contributed by atoms with Crippen LogP contribution in [0.5, 0.6) is 0 Å². The zero-order valence-electron chi connectivity index (χ0n) is 17.5.